The average Bonchev–Trinajstić information content (AvgIpc) is 3.52. The summed E-state index contributed by atoms with van der Waals surface area (Å²) in [6, 6.07) is 26.1. The first-order valence-electron chi connectivity index (χ1n) is 11.5. The van der Waals surface area contributed by atoms with Gasteiger partial charge in [0.05, 0.1) is 12.2 Å². The van der Waals surface area contributed by atoms with Gasteiger partial charge in [0.2, 0.25) is 0 Å². The highest BCUT2D eigenvalue weighted by atomic mass is 32.1. The molecule has 1 N–H and O–H groups in total. The minimum Gasteiger partial charge on any atom is -0.507 e. The molecule has 5 rings (SSSR count). The second-order valence-electron chi connectivity index (χ2n) is 8.05. The Balaban J connectivity index is 1.52. The van der Waals surface area contributed by atoms with Crippen molar-refractivity contribution in [3.05, 3.63) is 112 Å². The van der Waals surface area contributed by atoms with Gasteiger partial charge in [0.25, 0.3) is 11.7 Å². The third-order valence-corrected chi connectivity index (χ3v) is 6.71. The zero-order valence-electron chi connectivity index (χ0n) is 19.5. The molecule has 0 bridgehead atoms. The molecule has 1 aromatic heterocycles. The van der Waals surface area contributed by atoms with E-state index in [1.54, 1.807) is 48.5 Å². The second kappa shape index (κ2) is 10.1. The fourth-order valence-corrected chi connectivity index (χ4v) is 4.97. The van der Waals surface area contributed by atoms with Crippen molar-refractivity contribution in [1.82, 2.24) is 0 Å². The van der Waals surface area contributed by atoms with E-state index in [0.717, 1.165) is 4.88 Å². The normalized spacial score (nSPS) is 16.8. The summed E-state index contributed by atoms with van der Waals surface area (Å²) in [6.45, 7) is 2.40. The van der Waals surface area contributed by atoms with Gasteiger partial charge in [-0.1, -0.05) is 24.3 Å². The molecule has 1 saturated heterocycles. The number of ketones is 1. The number of rotatable bonds is 7. The summed E-state index contributed by atoms with van der Waals surface area (Å²) in [5.74, 6) is 0.300. The second-order valence-corrected chi connectivity index (χ2v) is 9.03. The Bertz CT molecular complexity index is 1390. The quantitative estimate of drug-likeness (QED) is 0.178. The van der Waals surface area contributed by atoms with E-state index in [1.807, 2.05) is 54.8 Å². The number of aliphatic hydroxyl groups excluding tert-OH is 1. The highest BCUT2D eigenvalue weighted by Gasteiger charge is 2.47. The van der Waals surface area contributed by atoms with Crippen LogP contribution in [0.5, 0.6) is 17.2 Å². The van der Waals surface area contributed by atoms with E-state index >= 15 is 0 Å². The van der Waals surface area contributed by atoms with E-state index in [9.17, 15) is 14.7 Å². The summed E-state index contributed by atoms with van der Waals surface area (Å²) >= 11 is 1.42. The first-order valence-corrected chi connectivity index (χ1v) is 12.4. The third-order valence-electron chi connectivity index (χ3n) is 5.79. The number of hydrogen-bond donors (Lipinski definition) is 1. The monoisotopic (exact) mass is 497 g/mol. The van der Waals surface area contributed by atoms with Gasteiger partial charge >= 0.3 is 0 Å². The molecule has 1 aliphatic rings. The van der Waals surface area contributed by atoms with Crippen LogP contribution >= 0.6 is 11.3 Å². The highest BCUT2D eigenvalue weighted by molar-refractivity contribution is 7.10. The molecular formula is C29H23NO5S. The van der Waals surface area contributed by atoms with Crippen molar-refractivity contribution in [3.63, 3.8) is 0 Å². The largest absolute Gasteiger partial charge is 0.507 e. The molecule has 0 saturated carbocycles. The molecule has 1 amide bonds. The van der Waals surface area contributed by atoms with Gasteiger partial charge in [0.15, 0.2) is 0 Å². The molecule has 6 nitrogen and oxygen atoms in total. The molecule has 1 unspecified atom stereocenters. The van der Waals surface area contributed by atoms with E-state index in [2.05, 4.69) is 0 Å². The van der Waals surface area contributed by atoms with E-state index < -0.39 is 17.7 Å². The number of thiophene rings is 1. The van der Waals surface area contributed by atoms with Crippen LogP contribution < -0.4 is 14.4 Å². The minimum absolute atomic E-state index is 0.0521. The Kier molecular flexibility index (Phi) is 6.56. The maximum Gasteiger partial charge on any atom is 0.300 e. The number of nitrogens with zero attached hydrogens (tertiary/aromatic N) is 1. The Labute approximate surface area is 212 Å². The number of Topliss-reactive ketones (excluding diaryl/α,β-unsaturated/α-hetero) is 1. The number of carbonyl (C=O) groups is 2. The predicted molar refractivity (Wildman–Crippen MR) is 140 cm³/mol. The number of carbonyl (C=O) groups excluding carboxylic acids is 2. The molecule has 1 fully saturated rings. The molecule has 7 heteroatoms. The van der Waals surface area contributed by atoms with Crippen LogP contribution in [0.2, 0.25) is 0 Å². The minimum atomic E-state index is -0.752. The third kappa shape index (κ3) is 4.48. The maximum absolute atomic E-state index is 13.3. The first kappa shape index (κ1) is 23.4. The molecule has 0 radical (unpaired) electrons. The summed E-state index contributed by atoms with van der Waals surface area (Å²) in [5.41, 5.74) is 1.02. The lowest BCUT2D eigenvalue weighted by atomic mass is 9.99. The number of benzene rings is 3. The van der Waals surface area contributed by atoms with Gasteiger partial charge in [0.1, 0.15) is 29.0 Å². The van der Waals surface area contributed by atoms with E-state index in [-0.39, 0.29) is 11.3 Å². The topological polar surface area (TPSA) is 76.1 Å². The molecule has 1 atom stereocenters. The van der Waals surface area contributed by atoms with Gasteiger partial charge in [-0.3, -0.25) is 14.5 Å². The molecule has 3 aromatic carbocycles. The smallest absolute Gasteiger partial charge is 0.300 e. The number of ether oxygens (including phenoxy) is 2. The van der Waals surface area contributed by atoms with Crippen molar-refractivity contribution in [2.24, 2.45) is 0 Å². The lowest BCUT2D eigenvalue weighted by molar-refractivity contribution is -0.132. The lowest BCUT2D eigenvalue weighted by Gasteiger charge is -2.24. The molecule has 0 aliphatic carbocycles. The molecule has 4 aromatic rings. The van der Waals surface area contributed by atoms with Gasteiger partial charge in [-0.15, -0.1) is 11.3 Å². The van der Waals surface area contributed by atoms with Crippen LogP contribution in [0.3, 0.4) is 0 Å². The van der Waals surface area contributed by atoms with Crippen molar-refractivity contribution in [2.75, 3.05) is 11.5 Å². The summed E-state index contributed by atoms with van der Waals surface area (Å²) in [7, 11) is 0. The average molecular weight is 498 g/mol. The van der Waals surface area contributed by atoms with Crippen molar-refractivity contribution >= 4 is 34.5 Å². The van der Waals surface area contributed by atoms with Crippen LogP contribution in [0.1, 0.15) is 23.4 Å². The van der Waals surface area contributed by atoms with Gasteiger partial charge in [-0.05, 0) is 79.0 Å². The molecule has 1 aliphatic heterocycles. The van der Waals surface area contributed by atoms with Gasteiger partial charge in [-0.25, -0.2) is 0 Å². The number of amides is 1. The summed E-state index contributed by atoms with van der Waals surface area (Å²) in [4.78, 5) is 28.7. The maximum atomic E-state index is 13.3. The first-order chi connectivity index (χ1) is 17.6. The van der Waals surface area contributed by atoms with Crippen LogP contribution in [-0.2, 0) is 9.59 Å². The van der Waals surface area contributed by atoms with Crippen molar-refractivity contribution in [3.8, 4) is 17.2 Å². The highest BCUT2D eigenvalue weighted by Crippen LogP contribution is 2.44. The molecule has 2 heterocycles. The Morgan fingerprint density at radius 2 is 1.53 bits per heavy atom. The van der Waals surface area contributed by atoms with Crippen molar-refractivity contribution in [1.29, 1.82) is 0 Å². The number of anilines is 1. The Morgan fingerprint density at radius 1 is 0.861 bits per heavy atom. The van der Waals surface area contributed by atoms with Gasteiger partial charge in [0, 0.05) is 16.1 Å². The summed E-state index contributed by atoms with van der Waals surface area (Å²) in [6.07, 6.45) is 0. The molecular weight excluding hydrogens is 474 g/mol. The molecule has 36 heavy (non-hydrogen) atoms. The lowest BCUT2D eigenvalue weighted by Crippen LogP contribution is -2.29. The van der Waals surface area contributed by atoms with E-state index in [4.69, 9.17) is 9.47 Å². The Hall–Kier alpha value is -4.36. The van der Waals surface area contributed by atoms with Crippen LogP contribution in [0.4, 0.5) is 5.69 Å². The zero-order valence-corrected chi connectivity index (χ0v) is 20.3. The van der Waals surface area contributed by atoms with E-state index in [0.29, 0.717) is 35.1 Å². The van der Waals surface area contributed by atoms with Crippen molar-refractivity contribution in [2.45, 2.75) is 13.0 Å². The number of para-hydroxylation sites is 1. The van der Waals surface area contributed by atoms with Gasteiger partial charge in [-0.2, -0.15) is 0 Å². The number of aliphatic hydroxyl groups is 1. The molecule has 180 valence electrons. The summed E-state index contributed by atoms with van der Waals surface area (Å²) in [5, 5.41) is 13.1. The Morgan fingerprint density at radius 3 is 2.17 bits per heavy atom. The fraction of sp³-hybridized carbons (Fsp3) is 0.103. The van der Waals surface area contributed by atoms with Crippen LogP contribution in [0, 0.1) is 0 Å². The summed E-state index contributed by atoms with van der Waals surface area (Å²) < 4.78 is 11.3. The van der Waals surface area contributed by atoms with Crippen LogP contribution in [-0.4, -0.2) is 23.4 Å². The van der Waals surface area contributed by atoms with Crippen LogP contribution in [0.25, 0.3) is 5.76 Å². The molecule has 0 spiro atoms. The van der Waals surface area contributed by atoms with E-state index in [1.165, 1.54) is 16.2 Å². The zero-order chi connectivity index (χ0) is 25.1. The number of hydrogen-bond acceptors (Lipinski definition) is 6. The van der Waals surface area contributed by atoms with Crippen molar-refractivity contribution < 1.29 is 24.2 Å². The SMILES string of the molecule is CCOc1ccc(/C(O)=C2/C(=O)C(=O)N(c3ccc(Oc4ccccc4)cc3)C2c2cccs2)cc1. The standard InChI is InChI=1S/C29H23NO5S/c1-2-34-21-14-10-19(11-15-21)27(31)25-26(24-9-6-18-36-24)30(29(33)28(25)32)20-12-16-23(17-13-20)35-22-7-4-3-5-8-22/h3-18,26,31H,2H2,1H3/b27-25-. The predicted octanol–water partition coefficient (Wildman–Crippen LogP) is 6.57. The fourth-order valence-electron chi connectivity index (χ4n) is 4.15. The van der Waals surface area contributed by atoms with Gasteiger partial charge < -0.3 is 14.6 Å². The van der Waals surface area contributed by atoms with Crippen LogP contribution in [0.15, 0.2) is 102 Å².